The highest BCUT2D eigenvalue weighted by atomic mass is 32.1. The Kier molecular flexibility index (Phi) is 4.30. The number of anilines is 2. The SMILES string of the molecule is Cc1ccc(-c2cc(NC(=O)c3cccc(NC(=O)C4CC4)c3)n[nH]2)s1. The molecule has 2 aromatic heterocycles. The number of carbonyl (C=O) groups excluding carboxylic acids is 2. The van der Waals surface area contributed by atoms with Gasteiger partial charge in [0.05, 0.1) is 10.6 Å². The van der Waals surface area contributed by atoms with Gasteiger partial charge >= 0.3 is 0 Å². The monoisotopic (exact) mass is 366 g/mol. The van der Waals surface area contributed by atoms with Crippen molar-refractivity contribution in [2.75, 3.05) is 10.6 Å². The second-order valence-electron chi connectivity index (χ2n) is 6.38. The number of benzene rings is 1. The van der Waals surface area contributed by atoms with Crippen LogP contribution < -0.4 is 10.6 Å². The zero-order valence-corrected chi connectivity index (χ0v) is 15.0. The minimum atomic E-state index is -0.270. The van der Waals surface area contributed by atoms with E-state index in [0.29, 0.717) is 17.1 Å². The molecule has 0 spiro atoms. The molecule has 1 saturated carbocycles. The van der Waals surface area contributed by atoms with Crippen molar-refractivity contribution in [3.05, 3.63) is 52.9 Å². The Labute approximate surface area is 154 Å². The van der Waals surface area contributed by atoms with Crippen LogP contribution in [0, 0.1) is 12.8 Å². The lowest BCUT2D eigenvalue weighted by molar-refractivity contribution is -0.117. The molecule has 132 valence electrons. The second-order valence-corrected chi connectivity index (χ2v) is 7.66. The molecule has 3 aromatic rings. The Balaban J connectivity index is 1.44. The first-order chi connectivity index (χ1) is 12.6. The van der Waals surface area contributed by atoms with Gasteiger partial charge in [-0.1, -0.05) is 6.07 Å². The molecule has 1 aliphatic rings. The third-order valence-electron chi connectivity index (χ3n) is 4.17. The predicted molar refractivity (Wildman–Crippen MR) is 102 cm³/mol. The highest BCUT2D eigenvalue weighted by Crippen LogP contribution is 2.30. The van der Waals surface area contributed by atoms with Crippen molar-refractivity contribution in [1.29, 1.82) is 0 Å². The fraction of sp³-hybridized carbons (Fsp3) is 0.211. The lowest BCUT2D eigenvalue weighted by Crippen LogP contribution is -2.15. The Morgan fingerprint density at radius 3 is 2.73 bits per heavy atom. The molecular weight excluding hydrogens is 348 g/mol. The van der Waals surface area contributed by atoms with Crippen molar-refractivity contribution in [2.45, 2.75) is 19.8 Å². The molecule has 3 N–H and O–H groups in total. The molecule has 7 heteroatoms. The van der Waals surface area contributed by atoms with E-state index in [-0.39, 0.29) is 17.7 Å². The van der Waals surface area contributed by atoms with E-state index in [4.69, 9.17) is 0 Å². The standard InChI is InChI=1S/C19H18N4O2S/c1-11-5-8-16(26-11)15-10-17(23-22-15)21-19(25)13-3-2-4-14(9-13)20-18(24)12-6-7-12/h2-5,8-10,12H,6-7H2,1H3,(H,20,24)(H2,21,22,23,25). The van der Waals surface area contributed by atoms with Crippen molar-refractivity contribution in [3.8, 4) is 10.6 Å². The van der Waals surface area contributed by atoms with Gasteiger partial charge in [-0.25, -0.2) is 0 Å². The maximum atomic E-state index is 12.5. The minimum Gasteiger partial charge on any atom is -0.326 e. The van der Waals surface area contributed by atoms with Gasteiger partial charge in [-0.2, -0.15) is 5.10 Å². The number of nitrogens with one attached hydrogen (secondary N) is 3. The van der Waals surface area contributed by atoms with Crippen LogP contribution in [0.5, 0.6) is 0 Å². The van der Waals surface area contributed by atoms with E-state index >= 15 is 0 Å². The molecule has 4 rings (SSSR count). The number of aryl methyl sites for hydroxylation is 1. The molecule has 2 amide bonds. The summed E-state index contributed by atoms with van der Waals surface area (Å²) < 4.78 is 0. The lowest BCUT2D eigenvalue weighted by atomic mass is 10.2. The van der Waals surface area contributed by atoms with E-state index in [2.05, 4.69) is 20.8 Å². The molecule has 0 aliphatic heterocycles. The smallest absolute Gasteiger partial charge is 0.256 e. The van der Waals surface area contributed by atoms with Crippen LogP contribution in [0.25, 0.3) is 10.6 Å². The molecule has 0 radical (unpaired) electrons. The molecule has 0 unspecified atom stereocenters. The third-order valence-corrected chi connectivity index (χ3v) is 5.20. The van der Waals surface area contributed by atoms with Gasteiger partial charge < -0.3 is 10.6 Å². The molecule has 26 heavy (non-hydrogen) atoms. The Morgan fingerprint density at radius 2 is 2.00 bits per heavy atom. The van der Waals surface area contributed by atoms with Crippen LogP contribution in [-0.4, -0.2) is 22.0 Å². The summed E-state index contributed by atoms with van der Waals surface area (Å²) in [5.41, 5.74) is 1.96. The maximum absolute atomic E-state index is 12.5. The largest absolute Gasteiger partial charge is 0.326 e. The summed E-state index contributed by atoms with van der Waals surface area (Å²) in [6.45, 7) is 2.04. The van der Waals surface area contributed by atoms with Crippen LogP contribution in [0.15, 0.2) is 42.5 Å². The number of thiophene rings is 1. The second kappa shape index (κ2) is 6.76. The van der Waals surface area contributed by atoms with Crippen molar-refractivity contribution in [3.63, 3.8) is 0 Å². The summed E-state index contributed by atoms with van der Waals surface area (Å²) in [6, 6.07) is 12.8. The van der Waals surface area contributed by atoms with E-state index in [0.717, 1.165) is 23.4 Å². The van der Waals surface area contributed by atoms with Gasteiger partial charge in [-0.3, -0.25) is 14.7 Å². The van der Waals surface area contributed by atoms with Gasteiger partial charge in [0.15, 0.2) is 5.82 Å². The first-order valence-electron chi connectivity index (χ1n) is 8.43. The van der Waals surface area contributed by atoms with Crippen LogP contribution in [-0.2, 0) is 4.79 Å². The van der Waals surface area contributed by atoms with Gasteiger partial charge in [0, 0.05) is 28.1 Å². The number of carbonyl (C=O) groups is 2. The first-order valence-corrected chi connectivity index (χ1v) is 9.24. The summed E-state index contributed by atoms with van der Waals surface area (Å²) in [5.74, 6) is 0.331. The van der Waals surface area contributed by atoms with Crippen LogP contribution >= 0.6 is 11.3 Å². The number of rotatable bonds is 5. The van der Waals surface area contributed by atoms with E-state index in [1.165, 1.54) is 4.88 Å². The maximum Gasteiger partial charge on any atom is 0.256 e. The molecule has 1 fully saturated rings. The summed E-state index contributed by atoms with van der Waals surface area (Å²) in [4.78, 5) is 26.6. The first kappa shape index (κ1) is 16.5. The van der Waals surface area contributed by atoms with Crippen LogP contribution in [0.2, 0.25) is 0 Å². The lowest BCUT2D eigenvalue weighted by Gasteiger charge is -2.07. The van der Waals surface area contributed by atoms with Gasteiger partial charge in [0.2, 0.25) is 5.91 Å². The number of nitrogens with zero attached hydrogens (tertiary/aromatic N) is 1. The molecule has 0 bridgehead atoms. The molecule has 6 nitrogen and oxygen atoms in total. The molecule has 1 aromatic carbocycles. The fourth-order valence-corrected chi connectivity index (χ4v) is 3.44. The van der Waals surface area contributed by atoms with Crippen molar-refractivity contribution >= 4 is 34.7 Å². The van der Waals surface area contributed by atoms with Crippen LogP contribution in [0.4, 0.5) is 11.5 Å². The van der Waals surface area contributed by atoms with Crippen LogP contribution in [0.3, 0.4) is 0 Å². The number of aromatic amines is 1. The molecule has 1 aliphatic carbocycles. The Hall–Kier alpha value is -2.93. The van der Waals surface area contributed by atoms with Crippen LogP contribution in [0.1, 0.15) is 28.1 Å². The Morgan fingerprint density at radius 1 is 1.15 bits per heavy atom. The number of hydrogen-bond acceptors (Lipinski definition) is 4. The van der Waals surface area contributed by atoms with Gasteiger partial charge in [-0.05, 0) is 50.1 Å². The number of H-pyrrole nitrogens is 1. The zero-order chi connectivity index (χ0) is 18.1. The highest BCUT2D eigenvalue weighted by Gasteiger charge is 2.29. The van der Waals surface area contributed by atoms with Gasteiger partial charge in [0.25, 0.3) is 5.91 Å². The summed E-state index contributed by atoms with van der Waals surface area (Å²) >= 11 is 1.66. The summed E-state index contributed by atoms with van der Waals surface area (Å²) in [6.07, 6.45) is 1.88. The van der Waals surface area contributed by atoms with Gasteiger partial charge in [-0.15, -0.1) is 11.3 Å². The Bertz CT molecular complexity index is 971. The molecule has 0 saturated heterocycles. The predicted octanol–water partition coefficient (Wildman–Crippen LogP) is 4.05. The quantitative estimate of drug-likeness (QED) is 0.637. The van der Waals surface area contributed by atoms with Crippen molar-refractivity contribution < 1.29 is 9.59 Å². The molecule has 2 heterocycles. The summed E-state index contributed by atoms with van der Waals surface area (Å²) in [7, 11) is 0. The molecule has 0 atom stereocenters. The number of aromatic nitrogens is 2. The van der Waals surface area contributed by atoms with Gasteiger partial charge in [0.1, 0.15) is 0 Å². The van der Waals surface area contributed by atoms with Crippen molar-refractivity contribution in [2.24, 2.45) is 5.92 Å². The number of amides is 2. The summed E-state index contributed by atoms with van der Waals surface area (Å²) in [5, 5.41) is 12.7. The third kappa shape index (κ3) is 3.67. The van der Waals surface area contributed by atoms with E-state index in [1.54, 1.807) is 35.6 Å². The minimum absolute atomic E-state index is 0.0192. The molecular formula is C19H18N4O2S. The average molecular weight is 366 g/mol. The number of hydrogen-bond donors (Lipinski definition) is 3. The van der Waals surface area contributed by atoms with E-state index in [9.17, 15) is 9.59 Å². The van der Waals surface area contributed by atoms with E-state index < -0.39 is 0 Å². The van der Waals surface area contributed by atoms with Crippen molar-refractivity contribution in [1.82, 2.24) is 10.2 Å². The normalized spacial score (nSPS) is 13.4. The highest BCUT2D eigenvalue weighted by molar-refractivity contribution is 7.15. The fourth-order valence-electron chi connectivity index (χ4n) is 2.61. The zero-order valence-electron chi connectivity index (χ0n) is 14.2. The van der Waals surface area contributed by atoms with E-state index in [1.807, 2.05) is 25.1 Å². The average Bonchev–Trinajstić information content (AvgIpc) is 3.24. The topological polar surface area (TPSA) is 86.9 Å².